The van der Waals surface area contributed by atoms with Crippen molar-refractivity contribution in [2.45, 2.75) is 6.92 Å². The molecular formula is C15H14N4O4. The molecule has 0 unspecified atom stereocenters. The van der Waals surface area contributed by atoms with E-state index in [-0.39, 0.29) is 24.0 Å². The van der Waals surface area contributed by atoms with E-state index in [1.165, 1.54) is 11.1 Å². The summed E-state index contributed by atoms with van der Waals surface area (Å²) in [4.78, 5) is 28.0. The average molecular weight is 314 g/mol. The molecule has 0 atom stereocenters. The molecule has 1 aromatic carbocycles. The van der Waals surface area contributed by atoms with Crippen molar-refractivity contribution in [3.8, 4) is 5.75 Å². The highest BCUT2D eigenvalue weighted by molar-refractivity contribution is 5.98. The van der Waals surface area contributed by atoms with Crippen LogP contribution in [0.25, 0.3) is 0 Å². The Morgan fingerprint density at radius 2 is 2.17 bits per heavy atom. The topological polar surface area (TPSA) is 97.6 Å². The summed E-state index contributed by atoms with van der Waals surface area (Å²) >= 11 is 0. The normalized spacial score (nSPS) is 13.3. The third-order valence-corrected chi connectivity index (χ3v) is 3.62. The molecule has 8 heteroatoms. The van der Waals surface area contributed by atoms with E-state index in [0.717, 1.165) is 0 Å². The molecule has 1 aliphatic heterocycles. The van der Waals surface area contributed by atoms with E-state index in [9.17, 15) is 14.9 Å². The largest absolute Gasteiger partial charge is 0.482 e. The number of nitrogens with one attached hydrogen (secondary N) is 1. The first-order chi connectivity index (χ1) is 11.0. The van der Waals surface area contributed by atoms with Crippen molar-refractivity contribution in [3.63, 3.8) is 0 Å². The maximum absolute atomic E-state index is 11.7. The van der Waals surface area contributed by atoms with Crippen molar-refractivity contribution in [2.75, 3.05) is 23.9 Å². The predicted octanol–water partition coefficient (Wildman–Crippen LogP) is 2.40. The number of benzene rings is 1. The summed E-state index contributed by atoms with van der Waals surface area (Å²) in [5.74, 6) is 0.583. The van der Waals surface area contributed by atoms with Gasteiger partial charge in [-0.3, -0.25) is 14.9 Å². The van der Waals surface area contributed by atoms with Gasteiger partial charge in [-0.2, -0.15) is 0 Å². The van der Waals surface area contributed by atoms with Gasteiger partial charge in [-0.25, -0.2) is 4.98 Å². The summed E-state index contributed by atoms with van der Waals surface area (Å²) in [6.45, 7) is 1.65. The third kappa shape index (κ3) is 2.66. The van der Waals surface area contributed by atoms with Gasteiger partial charge >= 0.3 is 5.69 Å². The fourth-order valence-electron chi connectivity index (χ4n) is 2.36. The van der Waals surface area contributed by atoms with Crippen molar-refractivity contribution in [1.82, 2.24) is 4.98 Å². The van der Waals surface area contributed by atoms with Crippen LogP contribution >= 0.6 is 0 Å². The number of nitrogens with zero attached hydrogens (tertiary/aromatic N) is 3. The van der Waals surface area contributed by atoms with Crippen molar-refractivity contribution < 1.29 is 14.5 Å². The lowest BCUT2D eigenvalue weighted by atomic mass is 10.2. The standard InChI is InChI=1S/C15H14N4O4/c1-9-5-6-16-15(14(9)19(21)22)17-10-3-4-12-11(7-10)18(2)13(20)8-23-12/h3-7H,8H2,1-2H3,(H,16,17). The second kappa shape index (κ2) is 5.56. The molecular weight excluding hydrogens is 300 g/mol. The van der Waals surface area contributed by atoms with Crippen LogP contribution < -0.4 is 15.0 Å². The number of rotatable bonds is 3. The molecule has 1 N–H and O–H groups in total. The minimum Gasteiger partial charge on any atom is -0.482 e. The van der Waals surface area contributed by atoms with Gasteiger partial charge in [0, 0.05) is 24.5 Å². The molecule has 0 fully saturated rings. The number of hydrogen-bond donors (Lipinski definition) is 1. The van der Waals surface area contributed by atoms with E-state index in [2.05, 4.69) is 10.3 Å². The lowest BCUT2D eigenvalue weighted by Crippen LogP contribution is -2.35. The number of nitro groups is 1. The smallest absolute Gasteiger partial charge is 0.314 e. The van der Waals surface area contributed by atoms with Crippen molar-refractivity contribution in [1.29, 1.82) is 0 Å². The second-order valence-corrected chi connectivity index (χ2v) is 5.13. The maximum atomic E-state index is 11.7. The summed E-state index contributed by atoms with van der Waals surface area (Å²) in [7, 11) is 1.65. The van der Waals surface area contributed by atoms with Gasteiger partial charge in [0.15, 0.2) is 6.61 Å². The van der Waals surface area contributed by atoms with E-state index < -0.39 is 4.92 Å². The second-order valence-electron chi connectivity index (χ2n) is 5.13. The monoisotopic (exact) mass is 314 g/mol. The van der Waals surface area contributed by atoms with E-state index in [1.54, 1.807) is 38.2 Å². The zero-order chi connectivity index (χ0) is 16.6. The van der Waals surface area contributed by atoms with Crippen LogP contribution in [0.1, 0.15) is 5.56 Å². The first-order valence-corrected chi connectivity index (χ1v) is 6.88. The number of aromatic nitrogens is 1. The van der Waals surface area contributed by atoms with E-state index >= 15 is 0 Å². The Morgan fingerprint density at radius 3 is 2.91 bits per heavy atom. The first-order valence-electron chi connectivity index (χ1n) is 6.88. The summed E-state index contributed by atoms with van der Waals surface area (Å²) in [6, 6.07) is 6.70. The average Bonchev–Trinajstić information content (AvgIpc) is 2.51. The molecule has 0 bridgehead atoms. The minimum atomic E-state index is -0.470. The van der Waals surface area contributed by atoms with E-state index in [4.69, 9.17) is 4.74 Å². The molecule has 0 saturated heterocycles. The number of likely N-dealkylation sites (N-methyl/N-ethyl adjacent to an activating group) is 1. The number of ether oxygens (including phenoxy) is 1. The number of pyridine rings is 1. The van der Waals surface area contributed by atoms with E-state index in [0.29, 0.717) is 22.7 Å². The molecule has 2 aromatic rings. The Balaban J connectivity index is 1.98. The molecule has 0 saturated carbocycles. The molecule has 2 heterocycles. The van der Waals surface area contributed by atoms with Crippen molar-refractivity contribution in [3.05, 3.63) is 46.1 Å². The molecule has 3 rings (SSSR count). The minimum absolute atomic E-state index is 0.00117. The molecule has 118 valence electrons. The van der Waals surface area contributed by atoms with Gasteiger partial charge in [0.2, 0.25) is 5.82 Å². The molecule has 0 aliphatic carbocycles. The van der Waals surface area contributed by atoms with Gasteiger partial charge in [-0.05, 0) is 31.2 Å². The number of carbonyl (C=O) groups is 1. The van der Waals surface area contributed by atoms with Crippen LogP contribution in [0.3, 0.4) is 0 Å². The van der Waals surface area contributed by atoms with Crippen molar-refractivity contribution in [2.24, 2.45) is 0 Å². The van der Waals surface area contributed by atoms with Crippen LogP contribution in [0.4, 0.5) is 22.9 Å². The number of hydrogen-bond acceptors (Lipinski definition) is 6. The van der Waals surface area contributed by atoms with Crippen LogP contribution in [0.15, 0.2) is 30.5 Å². The summed E-state index contributed by atoms with van der Waals surface area (Å²) in [6.07, 6.45) is 1.50. The van der Waals surface area contributed by atoms with Gasteiger partial charge in [-0.1, -0.05) is 0 Å². The van der Waals surface area contributed by atoms with E-state index in [1.807, 2.05) is 0 Å². The first kappa shape index (κ1) is 14.8. The lowest BCUT2D eigenvalue weighted by Gasteiger charge is -2.26. The molecule has 0 radical (unpaired) electrons. The predicted molar refractivity (Wildman–Crippen MR) is 84.3 cm³/mol. The fraction of sp³-hybridized carbons (Fsp3) is 0.200. The Labute approximate surface area is 131 Å². The lowest BCUT2D eigenvalue weighted by molar-refractivity contribution is -0.384. The Hall–Kier alpha value is -3.16. The zero-order valence-electron chi connectivity index (χ0n) is 12.6. The quantitative estimate of drug-likeness (QED) is 0.690. The van der Waals surface area contributed by atoms with Crippen LogP contribution in [0.2, 0.25) is 0 Å². The molecule has 1 aromatic heterocycles. The molecule has 1 aliphatic rings. The fourth-order valence-corrected chi connectivity index (χ4v) is 2.36. The number of carbonyl (C=O) groups excluding carboxylic acids is 1. The van der Waals surface area contributed by atoms with Gasteiger partial charge in [0.1, 0.15) is 5.75 Å². The summed E-state index contributed by atoms with van der Waals surface area (Å²) < 4.78 is 5.35. The Bertz CT molecular complexity index is 806. The SMILES string of the molecule is Cc1ccnc(Nc2ccc3c(c2)N(C)C(=O)CO3)c1[N+](=O)[O-]. The van der Waals surface area contributed by atoms with Crippen LogP contribution in [0.5, 0.6) is 5.75 Å². The maximum Gasteiger partial charge on any atom is 0.314 e. The molecule has 23 heavy (non-hydrogen) atoms. The Morgan fingerprint density at radius 1 is 1.39 bits per heavy atom. The number of amides is 1. The highest BCUT2D eigenvalue weighted by atomic mass is 16.6. The van der Waals surface area contributed by atoms with Gasteiger partial charge in [-0.15, -0.1) is 0 Å². The van der Waals surface area contributed by atoms with Gasteiger partial charge in [0.05, 0.1) is 10.6 Å². The van der Waals surface area contributed by atoms with Gasteiger partial charge < -0.3 is 15.0 Å². The Kier molecular flexibility index (Phi) is 3.57. The number of anilines is 3. The number of aryl methyl sites for hydroxylation is 1. The van der Waals surface area contributed by atoms with Crippen molar-refractivity contribution >= 4 is 28.8 Å². The summed E-state index contributed by atoms with van der Waals surface area (Å²) in [5.41, 5.74) is 1.61. The number of fused-ring (bicyclic) bond motifs is 1. The van der Waals surface area contributed by atoms with Crippen LogP contribution in [0, 0.1) is 17.0 Å². The van der Waals surface area contributed by atoms with Gasteiger partial charge in [0.25, 0.3) is 5.91 Å². The molecule has 0 spiro atoms. The molecule has 8 nitrogen and oxygen atoms in total. The van der Waals surface area contributed by atoms with Crippen LogP contribution in [-0.2, 0) is 4.79 Å². The molecule has 1 amide bonds. The van der Waals surface area contributed by atoms with Crippen LogP contribution in [-0.4, -0.2) is 29.5 Å². The highest BCUT2D eigenvalue weighted by Gasteiger charge is 2.23. The summed E-state index contributed by atoms with van der Waals surface area (Å²) in [5, 5.41) is 14.1. The highest BCUT2D eigenvalue weighted by Crippen LogP contribution is 2.35. The zero-order valence-corrected chi connectivity index (χ0v) is 12.6. The third-order valence-electron chi connectivity index (χ3n) is 3.62.